The van der Waals surface area contributed by atoms with Crippen LogP contribution in [0.4, 0.5) is 0 Å². The van der Waals surface area contributed by atoms with Gasteiger partial charge in [-0.1, -0.05) is 6.07 Å². The monoisotopic (exact) mass is 241 g/mol. The Kier molecular flexibility index (Phi) is 6.11. The van der Waals surface area contributed by atoms with E-state index in [-0.39, 0.29) is 12.5 Å². The van der Waals surface area contributed by atoms with Gasteiger partial charge in [-0.05, 0) is 30.7 Å². The third kappa shape index (κ3) is 4.77. The van der Waals surface area contributed by atoms with Gasteiger partial charge in [-0.15, -0.1) is 11.3 Å². The molecule has 1 heterocycles. The maximum absolute atomic E-state index is 11.6. The highest BCUT2D eigenvalue weighted by molar-refractivity contribution is 7.09. The largest absolute Gasteiger partial charge is 0.396 e. The molecule has 0 spiro atoms. The molecule has 0 saturated carbocycles. The van der Waals surface area contributed by atoms with Crippen LogP contribution in [0.15, 0.2) is 17.5 Å². The Hall–Kier alpha value is -0.870. The first kappa shape index (κ1) is 13.2. The van der Waals surface area contributed by atoms with E-state index in [1.54, 1.807) is 16.2 Å². The molecule has 0 atom stereocenters. The van der Waals surface area contributed by atoms with E-state index < -0.39 is 0 Å². The minimum atomic E-state index is 0.171. The van der Waals surface area contributed by atoms with Crippen LogP contribution in [0.25, 0.3) is 0 Å². The Bertz CT molecular complexity index is 298. The van der Waals surface area contributed by atoms with Crippen molar-refractivity contribution in [3.63, 3.8) is 0 Å². The van der Waals surface area contributed by atoms with Crippen molar-refractivity contribution < 1.29 is 9.90 Å². The fourth-order valence-corrected chi connectivity index (χ4v) is 2.13. The summed E-state index contributed by atoms with van der Waals surface area (Å²) in [5.74, 6) is 0.171. The summed E-state index contributed by atoms with van der Waals surface area (Å²) in [5.41, 5.74) is 0. The van der Waals surface area contributed by atoms with Crippen LogP contribution in [0.1, 0.15) is 24.1 Å². The van der Waals surface area contributed by atoms with Crippen molar-refractivity contribution in [3.05, 3.63) is 22.4 Å². The molecule has 0 aliphatic rings. The molecule has 0 aliphatic heterocycles. The molecule has 4 heteroatoms. The SMILES string of the molecule is CN(CCc1cccs1)C(=O)CCCCO. The van der Waals surface area contributed by atoms with Crippen LogP contribution in [0.3, 0.4) is 0 Å². The van der Waals surface area contributed by atoms with Crippen molar-refractivity contribution >= 4 is 17.2 Å². The number of unbranched alkanes of at least 4 members (excludes halogenated alkanes) is 1. The summed E-state index contributed by atoms with van der Waals surface area (Å²) >= 11 is 1.73. The van der Waals surface area contributed by atoms with Crippen LogP contribution in [0.2, 0.25) is 0 Å². The average molecular weight is 241 g/mol. The van der Waals surface area contributed by atoms with Crippen LogP contribution in [-0.4, -0.2) is 36.1 Å². The van der Waals surface area contributed by atoms with Gasteiger partial charge in [-0.2, -0.15) is 0 Å². The first-order chi connectivity index (χ1) is 7.74. The molecule has 1 aromatic heterocycles. The molecule has 1 aromatic rings. The molecule has 0 aromatic carbocycles. The van der Waals surface area contributed by atoms with Gasteiger partial charge in [0.15, 0.2) is 0 Å². The molecule has 0 radical (unpaired) electrons. The Morgan fingerprint density at radius 3 is 2.94 bits per heavy atom. The molecule has 0 aliphatic carbocycles. The van der Waals surface area contributed by atoms with Gasteiger partial charge >= 0.3 is 0 Å². The van der Waals surface area contributed by atoms with Gasteiger partial charge < -0.3 is 10.0 Å². The predicted molar refractivity (Wildman–Crippen MR) is 66.6 cm³/mol. The van der Waals surface area contributed by atoms with Crippen LogP contribution < -0.4 is 0 Å². The smallest absolute Gasteiger partial charge is 0.222 e. The number of hydrogen-bond donors (Lipinski definition) is 1. The molecule has 0 fully saturated rings. The summed E-state index contributed by atoms with van der Waals surface area (Å²) in [5, 5.41) is 10.7. The van der Waals surface area contributed by atoms with Crippen LogP contribution in [-0.2, 0) is 11.2 Å². The summed E-state index contributed by atoms with van der Waals surface area (Å²) in [4.78, 5) is 14.7. The zero-order valence-corrected chi connectivity index (χ0v) is 10.5. The van der Waals surface area contributed by atoms with Crippen LogP contribution >= 0.6 is 11.3 Å². The number of hydrogen-bond acceptors (Lipinski definition) is 3. The van der Waals surface area contributed by atoms with Crippen molar-refractivity contribution in [1.29, 1.82) is 0 Å². The van der Waals surface area contributed by atoms with Crippen molar-refractivity contribution in [1.82, 2.24) is 4.90 Å². The summed E-state index contributed by atoms with van der Waals surface area (Å²) in [6, 6.07) is 4.12. The van der Waals surface area contributed by atoms with Crippen LogP contribution in [0, 0.1) is 0 Å². The maximum Gasteiger partial charge on any atom is 0.222 e. The van der Waals surface area contributed by atoms with Gasteiger partial charge in [-0.3, -0.25) is 4.79 Å². The van der Waals surface area contributed by atoms with E-state index in [1.807, 2.05) is 13.1 Å². The first-order valence-corrected chi connectivity index (χ1v) is 6.49. The minimum absolute atomic E-state index is 0.171. The lowest BCUT2D eigenvalue weighted by Crippen LogP contribution is -2.28. The zero-order valence-electron chi connectivity index (χ0n) is 9.69. The Morgan fingerprint density at radius 2 is 2.31 bits per heavy atom. The third-order valence-electron chi connectivity index (χ3n) is 2.50. The second kappa shape index (κ2) is 7.41. The molecule has 16 heavy (non-hydrogen) atoms. The molecule has 1 rings (SSSR count). The summed E-state index contributed by atoms with van der Waals surface area (Å²) in [6.45, 7) is 0.949. The molecule has 1 N–H and O–H groups in total. The fourth-order valence-electron chi connectivity index (χ4n) is 1.44. The number of aliphatic hydroxyl groups is 1. The fraction of sp³-hybridized carbons (Fsp3) is 0.583. The van der Waals surface area contributed by atoms with Crippen LogP contribution in [0.5, 0.6) is 0 Å². The summed E-state index contributed by atoms with van der Waals surface area (Å²) < 4.78 is 0. The topological polar surface area (TPSA) is 40.5 Å². The number of likely N-dealkylation sites (N-methyl/N-ethyl adjacent to an activating group) is 1. The zero-order chi connectivity index (χ0) is 11.8. The highest BCUT2D eigenvalue weighted by Crippen LogP contribution is 2.10. The standard InChI is InChI=1S/C12H19NO2S/c1-13(12(15)6-2-3-9-14)8-7-11-5-4-10-16-11/h4-5,10,14H,2-3,6-9H2,1H3. The van der Waals surface area contributed by atoms with E-state index in [9.17, 15) is 4.79 Å². The second-order valence-electron chi connectivity index (χ2n) is 3.83. The lowest BCUT2D eigenvalue weighted by Gasteiger charge is -2.16. The molecule has 0 bridgehead atoms. The molecular weight excluding hydrogens is 222 g/mol. The normalized spacial score (nSPS) is 10.4. The van der Waals surface area contributed by atoms with Gasteiger partial charge in [0, 0.05) is 31.5 Å². The average Bonchev–Trinajstić information content (AvgIpc) is 2.79. The van der Waals surface area contributed by atoms with Gasteiger partial charge in [0.25, 0.3) is 0 Å². The number of nitrogens with zero attached hydrogens (tertiary/aromatic N) is 1. The Morgan fingerprint density at radius 1 is 1.50 bits per heavy atom. The van der Waals surface area contributed by atoms with Gasteiger partial charge in [0.2, 0.25) is 5.91 Å². The molecule has 0 unspecified atom stereocenters. The summed E-state index contributed by atoms with van der Waals surface area (Å²) in [6.07, 6.45) is 2.96. The van der Waals surface area contributed by atoms with E-state index in [0.29, 0.717) is 12.8 Å². The van der Waals surface area contributed by atoms with E-state index in [4.69, 9.17) is 5.11 Å². The number of amides is 1. The highest BCUT2D eigenvalue weighted by atomic mass is 32.1. The van der Waals surface area contributed by atoms with Crippen molar-refractivity contribution in [2.45, 2.75) is 25.7 Å². The number of carbonyl (C=O) groups is 1. The third-order valence-corrected chi connectivity index (χ3v) is 3.43. The van der Waals surface area contributed by atoms with E-state index in [0.717, 1.165) is 19.4 Å². The molecular formula is C12H19NO2S. The summed E-state index contributed by atoms with van der Waals surface area (Å²) in [7, 11) is 1.84. The lowest BCUT2D eigenvalue weighted by molar-refractivity contribution is -0.130. The number of carbonyl (C=O) groups excluding carboxylic acids is 1. The van der Waals surface area contributed by atoms with Crippen molar-refractivity contribution in [3.8, 4) is 0 Å². The molecule has 3 nitrogen and oxygen atoms in total. The van der Waals surface area contributed by atoms with E-state index in [1.165, 1.54) is 4.88 Å². The molecule has 90 valence electrons. The molecule has 1 amide bonds. The highest BCUT2D eigenvalue weighted by Gasteiger charge is 2.08. The molecule has 0 saturated heterocycles. The Labute approximate surface area is 101 Å². The van der Waals surface area contributed by atoms with Crippen molar-refractivity contribution in [2.75, 3.05) is 20.2 Å². The predicted octanol–water partition coefficient (Wildman–Crippen LogP) is 1.91. The van der Waals surface area contributed by atoms with Gasteiger partial charge in [0.05, 0.1) is 0 Å². The number of rotatable bonds is 7. The van der Waals surface area contributed by atoms with Crippen molar-refractivity contribution in [2.24, 2.45) is 0 Å². The number of aliphatic hydroxyl groups excluding tert-OH is 1. The lowest BCUT2D eigenvalue weighted by atomic mass is 10.2. The van der Waals surface area contributed by atoms with Gasteiger partial charge in [-0.25, -0.2) is 0 Å². The quantitative estimate of drug-likeness (QED) is 0.741. The Balaban J connectivity index is 2.18. The number of thiophene rings is 1. The van der Waals surface area contributed by atoms with E-state index in [2.05, 4.69) is 11.4 Å². The van der Waals surface area contributed by atoms with E-state index >= 15 is 0 Å². The minimum Gasteiger partial charge on any atom is -0.396 e. The van der Waals surface area contributed by atoms with Gasteiger partial charge in [0.1, 0.15) is 0 Å². The second-order valence-corrected chi connectivity index (χ2v) is 4.86. The first-order valence-electron chi connectivity index (χ1n) is 5.61. The maximum atomic E-state index is 11.6.